The van der Waals surface area contributed by atoms with E-state index in [0.717, 1.165) is 11.3 Å². The van der Waals surface area contributed by atoms with Crippen LogP contribution in [0.15, 0.2) is 35.5 Å². The first-order valence-corrected chi connectivity index (χ1v) is 5.73. The molecule has 0 unspecified atom stereocenters. The molecule has 4 heteroatoms. The third-order valence-corrected chi connectivity index (χ3v) is 4.16. The molecule has 0 amide bonds. The monoisotopic (exact) mass is 241 g/mol. The zero-order valence-electron chi connectivity index (χ0n) is 7.81. The Morgan fingerprint density at radius 2 is 1.80 bits per heavy atom. The van der Waals surface area contributed by atoms with E-state index in [0.29, 0.717) is 0 Å². The average Bonchev–Trinajstić information content (AvgIpc) is 2.70. The summed E-state index contributed by atoms with van der Waals surface area (Å²) in [6.45, 7) is 0. The molecule has 2 nitrogen and oxygen atoms in total. The minimum Gasteiger partial charge on any atom is -0.390 e. The van der Waals surface area contributed by atoms with Crippen LogP contribution in [0.5, 0.6) is 0 Å². The van der Waals surface area contributed by atoms with Gasteiger partial charge in [0, 0.05) is 0 Å². The smallest absolute Gasteiger partial charge is 0.155 e. The lowest BCUT2D eigenvalue weighted by atomic mass is 9.76. The molecule has 1 fully saturated rings. The number of benzene rings is 1. The van der Waals surface area contributed by atoms with E-state index in [1.165, 1.54) is 0 Å². The lowest BCUT2D eigenvalue weighted by molar-refractivity contribution is 0.0166. The van der Waals surface area contributed by atoms with E-state index in [-0.39, 0.29) is 22.8 Å². The first kappa shape index (κ1) is 9.49. The Morgan fingerprint density at radius 1 is 1.07 bits per heavy atom. The van der Waals surface area contributed by atoms with Gasteiger partial charge in [-0.25, -0.2) is 0 Å². The van der Waals surface area contributed by atoms with Gasteiger partial charge in [-0.2, -0.15) is 0 Å². The highest BCUT2D eigenvalue weighted by atomic mass is 35.5. The van der Waals surface area contributed by atoms with Gasteiger partial charge in [-0.3, -0.25) is 0 Å². The van der Waals surface area contributed by atoms with Crippen LogP contribution < -0.4 is 0 Å². The van der Waals surface area contributed by atoms with Crippen LogP contribution in [0.1, 0.15) is 5.56 Å². The van der Waals surface area contributed by atoms with Crippen LogP contribution in [0.25, 0.3) is 0 Å². The van der Waals surface area contributed by atoms with Gasteiger partial charge in [0.1, 0.15) is 0 Å². The van der Waals surface area contributed by atoms with Gasteiger partial charge in [-0.1, -0.05) is 35.5 Å². The van der Waals surface area contributed by atoms with E-state index < -0.39 is 0 Å². The maximum absolute atomic E-state index is 6.15. The molecule has 0 aromatic heterocycles. The zero-order chi connectivity index (χ0) is 10.4. The van der Waals surface area contributed by atoms with Crippen LogP contribution in [-0.2, 0) is 4.84 Å². The van der Waals surface area contributed by atoms with Gasteiger partial charge in [-0.05, 0) is 5.56 Å². The molecule has 1 heterocycles. The van der Waals surface area contributed by atoms with E-state index >= 15 is 0 Å². The van der Waals surface area contributed by atoms with Crippen LogP contribution in [0.2, 0.25) is 0 Å². The summed E-state index contributed by atoms with van der Waals surface area (Å²) >= 11 is 12.2. The topological polar surface area (TPSA) is 21.6 Å². The Bertz CT molecular complexity index is 406. The van der Waals surface area contributed by atoms with Gasteiger partial charge in [0.15, 0.2) is 6.10 Å². The fraction of sp³-hybridized carbons (Fsp3) is 0.364. The molecule has 0 spiro atoms. The zero-order valence-corrected chi connectivity index (χ0v) is 9.32. The third-order valence-electron chi connectivity index (χ3n) is 2.97. The summed E-state index contributed by atoms with van der Waals surface area (Å²) in [5.74, 6) is 0.150. The van der Waals surface area contributed by atoms with Gasteiger partial charge >= 0.3 is 0 Å². The van der Waals surface area contributed by atoms with Gasteiger partial charge in [0.05, 0.1) is 22.4 Å². The SMILES string of the molecule is Cl[C@@H]1[C@H](Cl)[C@@H]2ON=C(c3ccccc3)[C@H]12. The van der Waals surface area contributed by atoms with Crippen LogP contribution in [0, 0.1) is 5.92 Å². The van der Waals surface area contributed by atoms with Crippen molar-refractivity contribution < 1.29 is 4.84 Å². The normalized spacial score (nSPS) is 37.6. The molecule has 1 aromatic rings. The van der Waals surface area contributed by atoms with Crippen molar-refractivity contribution in [3.63, 3.8) is 0 Å². The summed E-state index contributed by atoms with van der Waals surface area (Å²) in [6, 6.07) is 9.95. The van der Waals surface area contributed by atoms with Gasteiger partial charge in [0.25, 0.3) is 0 Å². The van der Waals surface area contributed by atoms with Crippen molar-refractivity contribution >= 4 is 28.9 Å². The first-order valence-electron chi connectivity index (χ1n) is 4.86. The van der Waals surface area contributed by atoms with Crippen molar-refractivity contribution in [1.29, 1.82) is 0 Å². The summed E-state index contributed by atoms with van der Waals surface area (Å²) < 4.78 is 0. The number of hydrogen-bond donors (Lipinski definition) is 0. The van der Waals surface area contributed by atoms with Crippen LogP contribution in [0.3, 0.4) is 0 Å². The molecule has 78 valence electrons. The Hall–Kier alpha value is -0.730. The summed E-state index contributed by atoms with van der Waals surface area (Å²) in [5, 5.41) is 3.88. The number of oxime groups is 1. The Morgan fingerprint density at radius 3 is 2.53 bits per heavy atom. The molecular weight excluding hydrogens is 233 g/mol. The second-order valence-electron chi connectivity index (χ2n) is 3.83. The second kappa shape index (κ2) is 3.39. The quantitative estimate of drug-likeness (QED) is 0.693. The molecule has 15 heavy (non-hydrogen) atoms. The van der Waals surface area contributed by atoms with Crippen molar-refractivity contribution in [1.82, 2.24) is 0 Å². The lowest BCUT2D eigenvalue weighted by Gasteiger charge is -2.39. The number of alkyl halides is 2. The van der Waals surface area contributed by atoms with Crippen molar-refractivity contribution in [3.8, 4) is 0 Å². The van der Waals surface area contributed by atoms with Gasteiger partial charge in [-0.15, -0.1) is 23.2 Å². The standard InChI is InChI=1S/C11H9Cl2NO/c12-8-7-10(6-4-2-1-3-5-6)14-15-11(7)9(8)13/h1-5,7-9,11H/t7-,8-,9-,11+/m0/s1. The molecule has 3 rings (SSSR count). The highest BCUT2D eigenvalue weighted by Crippen LogP contribution is 2.45. The summed E-state index contributed by atoms with van der Waals surface area (Å²) in [7, 11) is 0. The molecule has 1 aromatic carbocycles. The van der Waals surface area contributed by atoms with E-state index in [1.807, 2.05) is 30.3 Å². The predicted octanol–water partition coefficient (Wildman–Crippen LogP) is 2.63. The van der Waals surface area contributed by atoms with Crippen LogP contribution in [0.4, 0.5) is 0 Å². The molecule has 0 saturated heterocycles. The van der Waals surface area contributed by atoms with E-state index in [2.05, 4.69) is 5.16 Å². The molecule has 1 saturated carbocycles. The highest BCUT2D eigenvalue weighted by molar-refractivity contribution is 6.34. The Balaban J connectivity index is 1.91. The number of rotatable bonds is 1. The fourth-order valence-electron chi connectivity index (χ4n) is 2.08. The van der Waals surface area contributed by atoms with Crippen LogP contribution in [-0.4, -0.2) is 22.6 Å². The Labute approximate surface area is 97.8 Å². The van der Waals surface area contributed by atoms with Crippen molar-refractivity contribution in [2.24, 2.45) is 11.1 Å². The minimum absolute atomic E-state index is 0.0376. The van der Waals surface area contributed by atoms with Gasteiger partial charge in [0.2, 0.25) is 0 Å². The number of fused-ring (bicyclic) bond motifs is 1. The molecule has 1 aliphatic heterocycles. The maximum atomic E-state index is 6.15. The molecule has 1 aliphatic carbocycles. The van der Waals surface area contributed by atoms with E-state index in [4.69, 9.17) is 28.0 Å². The number of halogens is 2. The fourth-order valence-corrected chi connectivity index (χ4v) is 2.84. The summed E-state index contributed by atoms with van der Waals surface area (Å²) in [5.41, 5.74) is 2.00. The minimum atomic E-state index is -0.123. The average molecular weight is 242 g/mol. The van der Waals surface area contributed by atoms with Crippen LogP contribution >= 0.6 is 23.2 Å². The number of hydrogen-bond acceptors (Lipinski definition) is 2. The van der Waals surface area contributed by atoms with Crippen molar-refractivity contribution in [2.75, 3.05) is 0 Å². The summed E-state index contributed by atoms with van der Waals surface area (Å²) in [4.78, 5) is 5.27. The Kier molecular flexibility index (Phi) is 2.15. The molecule has 0 N–H and O–H groups in total. The first-order chi connectivity index (χ1) is 7.29. The lowest BCUT2D eigenvalue weighted by Crippen LogP contribution is -2.55. The summed E-state index contributed by atoms with van der Waals surface area (Å²) in [6.07, 6.45) is -0.0376. The molecule has 4 atom stereocenters. The maximum Gasteiger partial charge on any atom is 0.155 e. The third kappa shape index (κ3) is 1.28. The van der Waals surface area contributed by atoms with Gasteiger partial charge < -0.3 is 4.84 Å². The number of nitrogens with zero attached hydrogens (tertiary/aromatic N) is 1. The van der Waals surface area contributed by atoms with Crippen molar-refractivity contribution in [3.05, 3.63) is 35.9 Å². The largest absolute Gasteiger partial charge is 0.390 e. The van der Waals surface area contributed by atoms with E-state index in [9.17, 15) is 0 Å². The molecule has 2 aliphatic rings. The van der Waals surface area contributed by atoms with E-state index in [1.54, 1.807) is 0 Å². The second-order valence-corrected chi connectivity index (χ2v) is 4.84. The highest BCUT2D eigenvalue weighted by Gasteiger charge is 2.56. The van der Waals surface area contributed by atoms with Crippen molar-refractivity contribution in [2.45, 2.75) is 16.9 Å². The molecule has 0 bridgehead atoms. The molecular formula is C11H9Cl2NO. The predicted molar refractivity (Wildman–Crippen MR) is 60.6 cm³/mol. The molecule has 0 radical (unpaired) electrons.